The molecule has 0 heterocycles. The van der Waals surface area contributed by atoms with Crippen molar-refractivity contribution < 1.29 is 0 Å². The molecule has 1 fully saturated rings. The Morgan fingerprint density at radius 3 is 2.26 bits per heavy atom. The van der Waals surface area contributed by atoms with Crippen LogP contribution in [0.1, 0.15) is 58.1 Å². The maximum Gasteiger partial charge on any atom is 0.0305 e. The van der Waals surface area contributed by atoms with Crippen LogP contribution in [-0.2, 0) is 0 Å². The van der Waals surface area contributed by atoms with Crippen LogP contribution >= 0.6 is 15.9 Å². The number of hydrogen-bond acceptors (Lipinski definition) is 1. The SMILES string of the molecule is CC(NC1CCC(C(C)C)CC1)c1ccccc1Br. The molecule has 1 N–H and O–H groups in total. The number of rotatable bonds is 4. The molecule has 0 radical (unpaired) electrons. The van der Waals surface area contributed by atoms with E-state index in [-0.39, 0.29) is 0 Å². The van der Waals surface area contributed by atoms with Gasteiger partial charge in [0.05, 0.1) is 0 Å². The third kappa shape index (κ3) is 4.06. The Bertz CT molecular complexity index is 394. The third-order valence-corrected chi connectivity index (χ3v) is 5.29. The zero-order valence-corrected chi connectivity index (χ0v) is 13.9. The molecule has 1 aliphatic carbocycles. The molecule has 0 saturated heterocycles. The van der Waals surface area contributed by atoms with Gasteiger partial charge in [0.1, 0.15) is 0 Å². The first-order valence-corrected chi connectivity index (χ1v) is 8.37. The molecule has 0 spiro atoms. The van der Waals surface area contributed by atoms with Crippen LogP contribution in [0.3, 0.4) is 0 Å². The van der Waals surface area contributed by atoms with Gasteiger partial charge in [0, 0.05) is 16.6 Å². The zero-order valence-electron chi connectivity index (χ0n) is 12.3. The van der Waals surface area contributed by atoms with Crippen molar-refractivity contribution in [2.75, 3.05) is 0 Å². The molecule has 0 amide bonds. The van der Waals surface area contributed by atoms with E-state index in [1.165, 1.54) is 35.7 Å². The Hall–Kier alpha value is -0.340. The van der Waals surface area contributed by atoms with Crippen LogP contribution < -0.4 is 5.32 Å². The summed E-state index contributed by atoms with van der Waals surface area (Å²) >= 11 is 3.65. The Kier molecular flexibility index (Phi) is 5.47. The fraction of sp³-hybridized carbons (Fsp3) is 0.647. The minimum atomic E-state index is 0.427. The van der Waals surface area contributed by atoms with Crippen LogP contribution in [0.5, 0.6) is 0 Å². The minimum Gasteiger partial charge on any atom is -0.307 e. The molecule has 1 aliphatic rings. The second-order valence-electron chi connectivity index (χ2n) is 6.27. The number of nitrogens with one attached hydrogen (secondary N) is 1. The van der Waals surface area contributed by atoms with Gasteiger partial charge in [0.25, 0.3) is 0 Å². The topological polar surface area (TPSA) is 12.0 Å². The van der Waals surface area contributed by atoms with E-state index < -0.39 is 0 Å². The molecule has 2 heteroatoms. The summed E-state index contributed by atoms with van der Waals surface area (Å²) in [5.74, 6) is 1.79. The van der Waals surface area contributed by atoms with Crippen molar-refractivity contribution in [2.24, 2.45) is 11.8 Å². The van der Waals surface area contributed by atoms with Crippen LogP contribution in [-0.4, -0.2) is 6.04 Å². The first-order valence-electron chi connectivity index (χ1n) is 7.58. The Morgan fingerprint density at radius 1 is 1.05 bits per heavy atom. The Labute approximate surface area is 126 Å². The van der Waals surface area contributed by atoms with Crippen molar-refractivity contribution in [3.05, 3.63) is 34.3 Å². The molecule has 0 aliphatic heterocycles. The quantitative estimate of drug-likeness (QED) is 0.791. The van der Waals surface area contributed by atoms with Crippen LogP contribution in [0.4, 0.5) is 0 Å². The maximum absolute atomic E-state index is 3.81. The summed E-state index contributed by atoms with van der Waals surface area (Å²) in [6, 6.07) is 9.65. The van der Waals surface area contributed by atoms with Gasteiger partial charge in [-0.25, -0.2) is 0 Å². The molecule has 2 rings (SSSR count). The Morgan fingerprint density at radius 2 is 1.68 bits per heavy atom. The van der Waals surface area contributed by atoms with Crippen LogP contribution in [0.15, 0.2) is 28.7 Å². The van der Waals surface area contributed by atoms with Crippen molar-refractivity contribution >= 4 is 15.9 Å². The second-order valence-corrected chi connectivity index (χ2v) is 7.12. The summed E-state index contributed by atoms with van der Waals surface area (Å²) in [5.41, 5.74) is 1.37. The van der Waals surface area contributed by atoms with Gasteiger partial charge in [-0.2, -0.15) is 0 Å². The first-order chi connectivity index (χ1) is 9.08. The predicted octanol–water partition coefficient (Wildman–Crippen LogP) is 5.31. The smallest absolute Gasteiger partial charge is 0.0305 e. The lowest BCUT2D eigenvalue weighted by molar-refractivity contribution is 0.231. The van der Waals surface area contributed by atoms with E-state index in [2.05, 4.69) is 66.3 Å². The van der Waals surface area contributed by atoms with Crippen LogP contribution in [0.2, 0.25) is 0 Å². The van der Waals surface area contributed by atoms with E-state index in [1.54, 1.807) is 0 Å². The van der Waals surface area contributed by atoms with Gasteiger partial charge in [-0.05, 0) is 56.1 Å². The average Bonchev–Trinajstić information content (AvgIpc) is 2.39. The van der Waals surface area contributed by atoms with E-state index in [0.29, 0.717) is 12.1 Å². The maximum atomic E-state index is 3.81. The average molecular weight is 324 g/mol. The second kappa shape index (κ2) is 6.90. The highest BCUT2D eigenvalue weighted by atomic mass is 79.9. The fourth-order valence-corrected chi connectivity index (χ4v) is 3.85. The third-order valence-electron chi connectivity index (χ3n) is 4.57. The Balaban J connectivity index is 1.87. The van der Waals surface area contributed by atoms with E-state index in [4.69, 9.17) is 0 Å². The fourth-order valence-electron chi connectivity index (χ4n) is 3.22. The summed E-state index contributed by atoms with van der Waals surface area (Å²) in [4.78, 5) is 0. The van der Waals surface area contributed by atoms with Gasteiger partial charge in [0.15, 0.2) is 0 Å². The van der Waals surface area contributed by atoms with Gasteiger partial charge in [0.2, 0.25) is 0 Å². The lowest BCUT2D eigenvalue weighted by Crippen LogP contribution is -2.35. The molecule has 0 bridgehead atoms. The summed E-state index contributed by atoms with van der Waals surface area (Å²) < 4.78 is 1.21. The molecule has 1 aromatic rings. The monoisotopic (exact) mass is 323 g/mol. The first kappa shape index (κ1) is 15.1. The summed E-state index contributed by atoms with van der Waals surface area (Å²) in [6.45, 7) is 7.00. The number of hydrogen-bond donors (Lipinski definition) is 1. The molecule has 1 unspecified atom stereocenters. The zero-order chi connectivity index (χ0) is 13.8. The molecule has 1 nitrogen and oxygen atoms in total. The van der Waals surface area contributed by atoms with E-state index in [9.17, 15) is 0 Å². The lowest BCUT2D eigenvalue weighted by atomic mass is 9.79. The lowest BCUT2D eigenvalue weighted by Gasteiger charge is -2.33. The highest BCUT2D eigenvalue weighted by Gasteiger charge is 2.24. The van der Waals surface area contributed by atoms with Crippen molar-refractivity contribution in [1.29, 1.82) is 0 Å². The molecule has 1 atom stereocenters. The molecular formula is C17H26BrN. The molecule has 1 saturated carbocycles. The van der Waals surface area contributed by atoms with Gasteiger partial charge in [-0.3, -0.25) is 0 Å². The van der Waals surface area contributed by atoms with E-state index in [1.807, 2.05) is 0 Å². The molecule has 19 heavy (non-hydrogen) atoms. The standard InChI is InChI=1S/C17H26BrN/c1-12(2)14-8-10-15(11-9-14)19-13(3)16-6-4-5-7-17(16)18/h4-7,12-15,19H,8-11H2,1-3H3. The summed E-state index contributed by atoms with van der Waals surface area (Å²) in [7, 11) is 0. The molecule has 106 valence electrons. The largest absolute Gasteiger partial charge is 0.307 e. The summed E-state index contributed by atoms with van der Waals surface area (Å²) in [6.07, 6.45) is 5.44. The van der Waals surface area contributed by atoms with Crippen LogP contribution in [0.25, 0.3) is 0 Å². The highest BCUT2D eigenvalue weighted by molar-refractivity contribution is 9.10. The van der Waals surface area contributed by atoms with E-state index in [0.717, 1.165) is 11.8 Å². The van der Waals surface area contributed by atoms with Gasteiger partial charge in [-0.15, -0.1) is 0 Å². The van der Waals surface area contributed by atoms with E-state index >= 15 is 0 Å². The highest BCUT2D eigenvalue weighted by Crippen LogP contribution is 2.31. The van der Waals surface area contributed by atoms with Crippen molar-refractivity contribution in [3.8, 4) is 0 Å². The minimum absolute atomic E-state index is 0.427. The molecular weight excluding hydrogens is 298 g/mol. The van der Waals surface area contributed by atoms with Gasteiger partial charge in [-0.1, -0.05) is 48.0 Å². The van der Waals surface area contributed by atoms with Gasteiger partial charge >= 0.3 is 0 Å². The number of benzene rings is 1. The molecule has 1 aromatic carbocycles. The van der Waals surface area contributed by atoms with Gasteiger partial charge < -0.3 is 5.32 Å². The predicted molar refractivity (Wildman–Crippen MR) is 86.3 cm³/mol. The number of halogens is 1. The normalized spacial score (nSPS) is 25.5. The van der Waals surface area contributed by atoms with Crippen molar-refractivity contribution in [3.63, 3.8) is 0 Å². The molecule has 0 aromatic heterocycles. The summed E-state index contributed by atoms with van der Waals surface area (Å²) in [5, 5.41) is 3.81. The van der Waals surface area contributed by atoms with Crippen molar-refractivity contribution in [2.45, 2.75) is 58.5 Å². The van der Waals surface area contributed by atoms with Crippen LogP contribution in [0, 0.1) is 11.8 Å². The van der Waals surface area contributed by atoms with Crippen molar-refractivity contribution in [1.82, 2.24) is 5.32 Å².